The van der Waals surface area contributed by atoms with Crippen LogP contribution >= 0.6 is 0 Å². The Labute approximate surface area is 86.6 Å². The molecule has 78 valence electrons. The molecule has 2 aliphatic carbocycles. The first-order valence-electron chi connectivity index (χ1n) is 5.83. The lowest BCUT2D eigenvalue weighted by Gasteiger charge is -2.34. The van der Waals surface area contributed by atoms with Crippen LogP contribution in [0, 0.1) is 5.41 Å². The average Bonchev–Trinajstić information content (AvgIpc) is 2.27. The van der Waals surface area contributed by atoms with E-state index in [0.29, 0.717) is 11.2 Å². The minimum absolute atomic E-state index is 0.299. The van der Waals surface area contributed by atoms with E-state index in [0.717, 1.165) is 19.3 Å². The molecule has 0 aliphatic heterocycles. The van der Waals surface area contributed by atoms with Gasteiger partial charge in [-0.3, -0.25) is 4.79 Å². The molecule has 0 bridgehead atoms. The highest BCUT2D eigenvalue weighted by atomic mass is 16.1. The minimum atomic E-state index is 0.299. The molecule has 0 aromatic heterocycles. The second kappa shape index (κ2) is 3.52. The zero-order valence-electron chi connectivity index (χ0n) is 9.36. The van der Waals surface area contributed by atoms with Crippen LogP contribution in [0.5, 0.6) is 0 Å². The molecule has 0 saturated carbocycles. The SMILES string of the molecule is CC1(C)CCCC2=C1CC(=O)CCC2. The molecule has 1 heteroatoms. The molecule has 1 nitrogen and oxygen atoms in total. The van der Waals surface area contributed by atoms with Gasteiger partial charge in [-0.2, -0.15) is 0 Å². The Hall–Kier alpha value is -0.590. The maximum Gasteiger partial charge on any atom is 0.136 e. The fraction of sp³-hybridized carbons (Fsp3) is 0.769. The predicted octanol–water partition coefficient (Wildman–Crippen LogP) is 3.64. The number of allylic oxidation sites excluding steroid dienone is 2. The van der Waals surface area contributed by atoms with Crippen molar-refractivity contribution in [2.24, 2.45) is 5.41 Å². The third-order valence-electron chi connectivity index (χ3n) is 3.83. The summed E-state index contributed by atoms with van der Waals surface area (Å²) in [5, 5.41) is 0. The van der Waals surface area contributed by atoms with Gasteiger partial charge in [-0.25, -0.2) is 0 Å². The largest absolute Gasteiger partial charge is 0.299 e. The van der Waals surface area contributed by atoms with Crippen LogP contribution in [0.3, 0.4) is 0 Å². The molecule has 0 atom stereocenters. The van der Waals surface area contributed by atoms with Crippen LogP contribution < -0.4 is 0 Å². The van der Waals surface area contributed by atoms with Crippen molar-refractivity contribution >= 4 is 5.78 Å². The first-order valence-corrected chi connectivity index (χ1v) is 5.83. The van der Waals surface area contributed by atoms with Crippen LogP contribution in [0.1, 0.15) is 58.8 Å². The van der Waals surface area contributed by atoms with Gasteiger partial charge in [0.25, 0.3) is 0 Å². The Morgan fingerprint density at radius 2 is 1.79 bits per heavy atom. The van der Waals surface area contributed by atoms with Crippen molar-refractivity contribution in [1.82, 2.24) is 0 Å². The Morgan fingerprint density at radius 3 is 2.57 bits per heavy atom. The van der Waals surface area contributed by atoms with Crippen molar-refractivity contribution in [2.75, 3.05) is 0 Å². The maximum absolute atomic E-state index is 11.6. The molecule has 14 heavy (non-hydrogen) atoms. The second-order valence-corrected chi connectivity index (χ2v) is 5.39. The summed E-state index contributed by atoms with van der Waals surface area (Å²) in [6.45, 7) is 4.61. The molecule has 0 N–H and O–H groups in total. The topological polar surface area (TPSA) is 17.1 Å². The van der Waals surface area contributed by atoms with E-state index in [2.05, 4.69) is 13.8 Å². The summed E-state index contributed by atoms with van der Waals surface area (Å²) in [5.74, 6) is 0.463. The number of carbonyl (C=O) groups is 1. The number of hydrogen-bond acceptors (Lipinski definition) is 1. The van der Waals surface area contributed by atoms with Crippen LogP contribution in [-0.2, 0) is 4.79 Å². The third-order valence-corrected chi connectivity index (χ3v) is 3.83. The zero-order valence-corrected chi connectivity index (χ0v) is 9.36. The summed E-state index contributed by atoms with van der Waals surface area (Å²) in [6, 6.07) is 0. The summed E-state index contributed by atoms with van der Waals surface area (Å²) in [4.78, 5) is 11.6. The fourth-order valence-corrected chi connectivity index (χ4v) is 2.95. The monoisotopic (exact) mass is 192 g/mol. The summed E-state index contributed by atoms with van der Waals surface area (Å²) in [5.41, 5.74) is 3.41. The molecule has 0 spiro atoms. The van der Waals surface area contributed by atoms with Gasteiger partial charge in [0.15, 0.2) is 0 Å². The van der Waals surface area contributed by atoms with Crippen LogP contribution in [0.2, 0.25) is 0 Å². The van der Waals surface area contributed by atoms with Crippen LogP contribution in [0.25, 0.3) is 0 Å². The van der Waals surface area contributed by atoms with Gasteiger partial charge in [0.2, 0.25) is 0 Å². The summed E-state index contributed by atoms with van der Waals surface area (Å²) in [7, 11) is 0. The fourth-order valence-electron chi connectivity index (χ4n) is 2.95. The third kappa shape index (κ3) is 1.77. The van der Waals surface area contributed by atoms with E-state index in [-0.39, 0.29) is 0 Å². The van der Waals surface area contributed by atoms with E-state index < -0.39 is 0 Å². The van der Waals surface area contributed by atoms with Crippen molar-refractivity contribution in [2.45, 2.75) is 58.8 Å². The van der Waals surface area contributed by atoms with Gasteiger partial charge in [-0.1, -0.05) is 25.0 Å². The van der Waals surface area contributed by atoms with Gasteiger partial charge in [0.05, 0.1) is 0 Å². The van der Waals surface area contributed by atoms with E-state index in [1.54, 1.807) is 5.57 Å². The summed E-state index contributed by atoms with van der Waals surface area (Å²) >= 11 is 0. The molecular formula is C13H20O. The van der Waals surface area contributed by atoms with Gasteiger partial charge in [-0.05, 0) is 37.5 Å². The Kier molecular flexibility index (Phi) is 2.50. The number of carbonyl (C=O) groups excluding carboxylic acids is 1. The van der Waals surface area contributed by atoms with Crippen molar-refractivity contribution in [3.8, 4) is 0 Å². The molecule has 0 unspecified atom stereocenters. The highest BCUT2D eigenvalue weighted by Gasteiger charge is 2.31. The standard InChI is InChI=1S/C13H20O/c1-13(2)8-4-6-10-5-3-7-11(14)9-12(10)13/h3-9H2,1-2H3. The van der Waals surface area contributed by atoms with Gasteiger partial charge < -0.3 is 0 Å². The molecule has 0 aromatic rings. The van der Waals surface area contributed by atoms with Crippen molar-refractivity contribution < 1.29 is 4.79 Å². The highest BCUT2D eigenvalue weighted by Crippen LogP contribution is 2.44. The number of ketones is 1. The highest BCUT2D eigenvalue weighted by molar-refractivity contribution is 5.81. The molecule has 0 saturated heterocycles. The van der Waals surface area contributed by atoms with Crippen molar-refractivity contribution in [1.29, 1.82) is 0 Å². The Morgan fingerprint density at radius 1 is 1.07 bits per heavy atom. The number of Topliss-reactive ketones (excluding diaryl/α,β-unsaturated/α-hetero) is 1. The van der Waals surface area contributed by atoms with Gasteiger partial charge in [0, 0.05) is 12.8 Å². The zero-order chi connectivity index (χ0) is 10.2. The van der Waals surface area contributed by atoms with E-state index in [9.17, 15) is 4.79 Å². The molecule has 0 aromatic carbocycles. The van der Waals surface area contributed by atoms with Gasteiger partial charge in [-0.15, -0.1) is 0 Å². The Balaban J connectivity index is 2.33. The quantitative estimate of drug-likeness (QED) is 0.535. The molecule has 0 amide bonds. The average molecular weight is 192 g/mol. The van der Waals surface area contributed by atoms with Crippen LogP contribution in [0.4, 0.5) is 0 Å². The molecule has 0 radical (unpaired) electrons. The minimum Gasteiger partial charge on any atom is -0.299 e. The lowest BCUT2D eigenvalue weighted by molar-refractivity contribution is -0.118. The predicted molar refractivity (Wildman–Crippen MR) is 58.1 cm³/mol. The molecule has 2 aliphatic rings. The lowest BCUT2D eigenvalue weighted by atomic mass is 9.71. The van der Waals surface area contributed by atoms with Crippen molar-refractivity contribution in [3.05, 3.63) is 11.1 Å². The summed E-state index contributed by atoms with van der Waals surface area (Å²) < 4.78 is 0. The van der Waals surface area contributed by atoms with E-state index in [4.69, 9.17) is 0 Å². The first kappa shape index (κ1) is 9.95. The summed E-state index contributed by atoms with van der Waals surface area (Å²) in [6.07, 6.45) is 7.68. The van der Waals surface area contributed by atoms with Crippen LogP contribution in [-0.4, -0.2) is 5.78 Å². The van der Waals surface area contributed by atoms with E-state index in [1.807, 2.05) is 0 Å². The van der Waals surface area contributed by atoms with Crippen molar-refractivity contribution in [3.63, 3.8) is 0 Å². The second-order valence-electron chi connectivity index (χ2n) is 5.39. The maximum atomic E-state index is 11.6. The van der Waals surface area contributed by atoms with Gasteiger partial charge >= 0.3 is 0 Å². The van der Waals surface area contributed by atoms with E-state index in [1.165, 1.54) is 31.3 Å². The lowest BCUT2D eigenvalue weighted by Crippen LogP contribution is -2.21. The normalized spacial score (nSPS) is 27.1. The van der Waals surface area contributed by atoms with Crippen LogP contribution in [0.15, 0.2) is 11.1 Å². The molecule has 0 fully saturated rings. The number of hydrogen-bond donors (Lipinski definition) is 0. The Bertz CT molecular complexity index is 284. The smallest absolute Gasteiger partial charge is 0.136 e. The van der Waals surface area contributed by atoms with Gasteiger partial charge in [0.1, 0.15) is 5.78 Å². The molecule has 2 rings (SSSR count). The molecular weight excluding hydrogens is 172 g/mol. The number of rotatable bonds is 0. The first-order chi connectivity index (χ1) is 6.59. The van der Waals surface area contributed by atoms with E-state index >= 15 is 0 Å². The molecule has 0 heterocycles.